The molecule has 5 rings (SSSR count). The number of hydrogen-bond donors (Lipinski definition) is 0. The topological polar surface area (TPSA) is 98.8 Å². The third-order valence-corrected chi connectivity index (χ3v) is 7.09. The van der Waals surface area contributed by atoms with Gasteiger partial charge in [-0.3, -0.25) is 4.79 Å². The molecule has 1 fully saturated rings. The van der Waals surface area contributed by atoms with Crippen LogP contribution in [0.15, 0.2) is 29.8 Å². The van der Waals surface area contributed by atoms with Gasteiger partial charge in [0.25, 0.3) is 0 Å². The van der Waals surface area contributed by atoms with Gasteiger partial charge in [0.1, 0.15) is 6.10 Å². The standard InChI is InChI=1S/C27H28O9/c1-6-13(2)26(28)36-23-16-10-20-19(34-12-35-20)9-15(16)22-14(7-17-18(23)11-33-27(17)29)8-21(30-3)24(31-4)25(22)32-5/h6,8-10,17-18,23H,7,11-12H2,1-5H3/b13-6-. The Hall–Kier alpha value is -3.88. The van der Waals surface area contributed by atoms with Crippen molar-refractivity contribution < 1.29 is 42.7 Å². The summed E-state index contributed by atoms with van der Waals surface area (Å²) in [4.78, 5) is 25.9. The Bertz CT molecular complexity index is 1260. The van der Waals surface area contributed by atoms with Gasteiger partial charge in [0.15, 0.2) is 23.0 Å². The molecular weight excluding hydrogens is 468 g/mol. The van der Waals surface area contributed by atoms with Crippen molar-refractivity contribution in [2.24, 2.45) is 11.8 Å². The van der Waals surface area contributed by atoms with Crippen LogP contribution in [0, 0.1) is 11.8 Å². The molecule has 0 spiro atoms. The van der Waals surface area contributed by atoms with Gasteiger partial charge in [-0.05, 0) is 49.6 Å². The summed E-state index contributed by atoms with van der Waals surface area (Å²) in [7, 11) is 4.62. The molecule has 2 aliphatic heterocycles. The van der Waals surface area contributed by atoms with Gasteiger partial charge in [-0.15, -0.1) is 0 Å². The van der Waals surface area contributed by atoms with Crippen LogP contribution in [0.3, 0.4) is 0 Å². The number of hydrogen-bond acceptors (Lipinski definition) is 9. The summed E-state index contributed by atoms with van der Waals surface area (Å²) < 4.78 is 40.0. The predicted octanol–water partition coefficient (Wildman–Crippen LogP) is 4.00. The Morgan fingerprint density at radius 1 is 1.00 bits per heavy atom. The van der Waals surface area contributed by atoms with Gasteiger partial charge in [0, 0.05) is 22.6 Å². The lowest BCUT2D eigenvalue weighted by molar-refractivity contribution is -0.149. The number of benzene rings is 2. The number of esters is 2. The summed E-state index contributed by atoms with van der Waals surface area (Å²) >= 11 is 0. The lowest BCUT2D eigenvalue weighted by atomic mass is 9.76. The van der Waals surface area contributed by atoms with Crippen molar-refractivity contribution in [1.29, 1.82) is 0 Å². The number of allylic oxidation sites excluding steroid dienone is 1. The zero-order valence-electron chi connectivity index (χ0n) is 20.8. The summed E-state index contributed by atoms with van der Waals surface area (Å²) in [6.07, 6.45) is 1.24. The fraction of sp³-hybridized carbons (Fsp3) is 0.407. The first-order valence-corrected chi connectivity index (χ1v) is 11.7. The molecule has 3 unspecified atom stereocenters. The maximum Gasteiger partial charge on any atom is 0.333 e. The first kappa shape index (κ1) is 23.8. The van der Waals surface area contributed by atoms with Crippen LogP contribution in [0.2, 0.25) is 0 Å². The van der Waals surface area contributed by atoms with Crippen molar-refractivity contribution in [1.82, 2.24) is 0 Å². The first-order valence-electron chi connectivity index (χ1n) is 11.7. The number of carbonyl (C=O) groups is 2. The van der Waals surface area contributed by atoms with Gasteiger partial charge in [0.2, 0.25) is 12.5 Å². The van der Waals surface area contributed by atoms with E-state index in [9.17, 15) is 9.59 Å². The van der Waals surface area contributed by atoms with Crippen LogP contribution in [0.5, 0.6) is 28.7 Å². The minimum atomic E-state index is -0.778. The molecule has 2 heterocycles. The Labute approximate surface area is 208 Å². The lowest BCUT2D eigenvalue weighted by Gasteiger charge is -2.32. The zero-order valence-corrected chi connectivity index (χ0v) is 20.8. The van der Waals surface area contributed by atoms with Gasteiger partial charge in [0.05, 0.1) is 33.9 Å². The average Bonchev–Trinajstić information content (AvgIpc) is 3.50. The van der Waals surface area contributed by atoms with Crippen LogP contribution < -0.4 is 23.7 Å². The normalized spacial score (nSPS) is 21.9. The maximum absolute atomic E-state index is 13.0. The first-order chi connectivity index (χ1) is 17.4. The highest BCUT2D eigenvalue weighted by molar-refractivity contribution is 5.89. The SMILES string of the molecule is C/C=C(/C)C(=O)OC1c2cc3c(cc2-c2c(cc(OC)c(OC)c2OC)CC2C(=O)OCC21)OCO3. The maximum atomic E-state index is 13.0. The summed E-state index contributed by atoms with van der Waals surface area (Å²) in [6, 6.07) is 5.52. The van der Waals surface area contributed by atoms with E-state index in [4.69, 9.17) is 33.2 Å². The monoisotopic (exact) mass is 496 g/mol. The number of carbonyl (C=O) groups excluding carboxylic acids is 2. The second-order valence-electron chi connectivity index (χ2n) is 8.87. The van der Waals surface area contributed by atoms with Crippen molar-refractivity contribution in [3.63, 3.8) is 0 Å². The van der Waals surface area contributed by atoms with E-state index in [0.29, 0.717) is 51.9 Å². The van der Waals surface area contributed by atoms with Crippen LogP contribution in [-0.4, -0.2) is 46.7 Å². The third-order valence-electron chi connectivity index (χ3n) is 7.09. The van der Waals surface area contributed by atoms with E-state index in [1.807, 2.05) is 18.2 Å². The summed E-state index contributed by atoms with van der Waals surface area (Å²) in [6.45, 7) is 3.66. The van der Waals surface area contributed by atoms with E-state index >= 15 is 0 Å². The third kappa shape index (κ3) is 3.70. The number of cyclic esters (lactones) is 1. The van der Waals surface area contributed by atoms with Crippen LogP contribution in [0.1, 0.15) is 31.1 Å². The second-order valence-corrected chi connectivity index (χ2v) is 8.87. The van der Waals surface area contributed by atoms with Crippen molar-refractivity contribution in [2.75, 3.05) is 34.7 Å². The minimum absolute atomic E-state index is 0.0734. The molecule has 36 heavy (non-hydrogen) atoms. The van der Waals surface area contributed by atoms with Crippen LogP contribution in [-0.2, 0) is 25.5 Å². The molecule has 2 aromatic rings. The molecule has 0 bridgehead atoms. The molecule has 0 N–H and O–H groups in total. The van der Waals surface area contributed by atoms with E-state index in [0.717, 1.165) is 11.1 Å². The van der Waals surface area contributed by atoms with E-state index in [-0.39, 0.29) is 19.4 Å². The molecule has 0 aromatic heterocycles. The predicted molar refractivity (Wildman–Crippen MR) is 128 cm³/mol. The highest BCUT2D eigenvalue weighted by atomic mass is 16.7. The highest BCUT2D eigenvalue weighted by Gasteiger charge is 2.47. The fourth-order valence-corrected chi connectivity index (χ4v) is 5.13. The Balaban J connectivity index is 1.82. The molecule has 9 heteroatoms. The van der Waals surface area contributed by atoms with Crippen molar-refractivity contribution in [3.8, 4) is 39.9 Å². The summed E-state index contributed by atoms with van der Waals surface area (Å²) in [5.74, 6) is 0.648. The van der Waals surface area contributed by atoms with E-state index in [1.165, 1.54) is 7.11 Å². The van der Waals surface area contributed by atoms with Gasteiger partial charge < -0.3 is 33.2 Å². The molecule has 0 saturated carbocycles. The molecule has 0 amide bonds. The number of rotatable bonds is 5. The Morgan fingerprint density at radius 3 is 2.39 bits per heavy atom. The Morgan fingerprint density at radius 2 is 1.72 bits per heavy atom. The van der Waals surface area contributed by atoms with Crippen molar-refractivity contribution in [2.45, 2.75) is 26.4 Å². The van der Waals surface area contributed by atoms with E-state index in [2.05, 4.69) is 0 Å². The second kappa shape index (κ2) is 9.29. The van der Waals surface area contributed by atoms with Crippen molar-refractivity contribution >= 4 is 11.9 Å². The van der Waals surface area contributed by atoms with Crippen LogP contribution in [0.4, 0.5) is 0 Å². The van der Waals surface area contributed by atoms with Crippen LogP contribution in [0.25, 0.3) is 11.1 Å². The highest BCUT2D eigenvalue weighted by Crippen LogP contribution is 2.55. The van der Waals surface area contributed by atoms with Crippen LogP contribution >= 0.6 is 0 Å². The fourth-order valence-electron chi connectivity index (χ4n) is 5.13. The zero-order chi connectivity index (χ0) is 25.6. The number of ether oxygens (including phenoxy) is 7. The van der Waals surface area contributed by atoms with Gasteiger partial charge in [-0.1, -0.05) is 6.08 Å². The molecule has 190 valence electrons. The van der Waals surface area contributed by atoms with Gasteiger partial charge in [-0.25, -0.2) is 4.79 Å². The molecular formula is C27H28O9. The van der Waals surface area contributed by atoms with Crippen molar-refractivity contribution in [3.05, 3.63) is 41.0 Å². The molecule has 1 aliphatic carbocycles. The number of methoxy groups -OCH3 is 3. The quantitative estimate of drug-likeness (QED) is 0.449. The minimum Gasteiger partial charge on any atom is -0.493 e. The molecule has 3 atom stereocenters. The molecule has 1 saturated heterocycles. The largest absolute Gasteiger partial charge is 0.493 e. The van der Waals surface area contributed by atoms with Gasteiger partial charge >= 0.3 is 11.9 Å². The average molecular weight is 497 g/mol. The van der Waals surface area contributed by atoms with Gasteiger partial charge in [-0.2, -0.15) is 0 Å². The smallest absolute Gasteiger partial charge is 0.333 e. The Kier molecular flexibility index (Phi) is 6.15. The number of fused-ring (bicyclic) bond motifs is 5. The van der Waals surface area contributed by atoms with E-state index < -0.39 is 23.9 Å². The molecule has 0 radical (unpaired) electrons. The lowest BCUT2D eigenvalue weighted by Crippen LogP contribution is -2.30. The molecule has 3 aliphatic rings. The van der Waals surface area contributed by atoms with E-state index in [1.54, 1.807) is 34.1 Å². The summed E-state index contributed by atoms with van der Waals surface area (Å²) in [5.41, 5.74) is 3.36. The molecule has 9 nitrogen and oxygen atoms in total. The summed E-state index contributed by atoms with van der Waals surface area (Å²) in [5, 5.41) is 0. The molecule has 2 aromatic carbocycles.